The van der Waals surface area contributed by atoms with Crippen LogP contribution in [0.5, 0.6) is 0 Å². The molecule has 1 unspecified atom stereocenters. The van der Waals surface area contributed by atoms with Crippen LogP contribution in [0.15, 0.2) is 12.2 Å². The van der Waals surface area contributed by atoms with Gasteiger partial charge in [-0.2, -0.15) is 0 Å². The van der Waals surface area contributed by atoms with Gasteiger partial charge in [-0.05, 0) is 44.9 Å². The largest absolute Gasteiger partial charge is 0.462 e. The maximum atomic E-state index is 13.0. The Morgan fingerprint density at radius 3 is 0.649 bits per heavy atom. The molecule has 6 nitrogen and oxygen atoms in total. The number of carbonyl (C=O) groups excluding carboxylic acids is 3. The summed E-state index contributed by atoms with van der Waals surface area (Å²) in [6.45, 7) is 6.73. The maximum absolute atomic E-state index is 13.0. The SMILES string of the molecule is CCCCCCCCC/C=C\CCCCCCCCCC(=O)OCC(COC(=O)CCCCCCCCCCCCCCCCCCCCCCCC)OC(=O)CCCCCCCCCCCCCCCCCCCCC. The molecule has 0 aromatic heterocycles. The number of hydrogen-bond donors (Lipinski definition) is 0. The first-order valence-corrected chi connectivity index (χ1v) is 35.2. The van der Waals surface area contributed by atoms with E-state index in [9.17, 15) is 14.4 Å². The smallest absolute Gasteiger partial charge is 0.306 e. The standard InChI is InChI=1S/C71H136O6/c1-4-7-10-13-16-19-22-25-28-31-34-35-36-38-40-43-46-49-52-55-58-61-64-70(73)76-67-68(66-75-69(72)63-60-57-54-51-48-45-42-39-33-30-27-24-21-18-15-12-9-6-3)77-71(74)65-62-59-56-53-50-47-44-41-37-32-29-26-23-20-17-14-11-8-5-2/h30,33,68H,4-29,31-32,34-67H2,1-3H3/b33-30-. The third kappa shape index (κ3) is 64.9. The van der Waals surface area contributed by atoms with E-state index in [2.05, 4.69) is 32.9 Å². The lowest BCUT2D eigenvalue weighted by Crippen LogP contribution is -2.30. The zero-order valence-corrected chi connectivity index (χ0v) is 52.5. The summed E-state index contributed by atoms with van der Waals surface area (Å²) < 4.78 is 17.0. The normalized spacial score (nSPS) is 12.0. The molecule has 6 heteroatoms. The monoisotopic (exact) mass is 1090 g/mol. The molecule has 0 aromatic rings. The highest BCUT2D eigenvalue weighted by molar-refractivity contribution is 5.71. The second-order valence-electron chi connectivity index (χ2n) is 24.2. The van der Waals surface area contributed by atoms with Crippen molar-refractivity contribution < 1.29 is 28.6 Å². The fourth-order valence-electron chi connectivity index (χ4n) is 11.0. The Morgan fingerprint density at radius 1 is 0.247 bits per heavy atom. The molecular weight excluding hydrogens is 949 g/mol. The Bertz CT molecular complexity index is 1200. The zero-order chi connectivity index (χ0) is 55.7. The fourth-order valence-corrected chi connectivity index (χ4v) is 11.0. The van der Waals surface area contributed by atoms with Crippen LogP contribution < -0.4 is 0 Å². The van der Waals surface area contributed by atoms with E-state index >= 15 is 0 Å². The van der Waals surface area contributed by atoms with Crippen LogP contribution in [0.1, 0.15) is 406 Å². The number of esters is 3. The molecule has 0 radical (unpaired) electrons. The van der Waals surface area contributed by atoms with Crippen LogP contribution in [0.2, 0.25) is 0 Å². The zero-order valence-electron chi connectivity index (χ0n) is 52.5. The minimum Gasteiger partial charge on any atom is -0.462 e. The summed E-state index contributed by atoms with van der Waals surface area (Å²) in [4.78, 5) is 38.5. The van der Waals surface area contributed by atoms with Gasteiger partial charge in [0.05, 0.1) is 0 Å². The molecule has 0 rings (SSSR count). The van der Waals surface area contributed by atoms with Crippen molar-refractivity contribution in [3.63, 3.8) is 0 Å². The van der Waals surface area contributed by atoms with Crippen molar-refractivity contribution in [2.75, 3.05) is 13.2 Å². The summed E-state index contributed by atoms with van der Waals surface area (Å²) in [7, 11) is 0. The predicted molar refractivity (Wildman–Crippen MR) is 335 cm³/mol. The molecule has 456 valence electrons. The molecule has 0 aromatic carbocycles. The second-order valence-corrected chi connectivity index (χ2v) is 24.2. The van der Waals surface area contributed by atoms with Gasteiger partial charge >= 0.3 is 17.9 Å². The Balaban J connectivity index is 4.28. The van der Waals surface area contributed by atoms with Gasteiger partial charge in [0, 0.05) is 19.3 Å². The molecule has 0 aliphatic carbocycles. The molecule has 77 heavy (non-hydrogen) atoms. The van der Waals surface area contributed by atoms with Crippen molar-refractivity contribution in [1.82, 2.24) is 0 Å². The molecule has 0 N–H and O–H groups in total. The topological polar surface area (TPSA) is 78.9 Å². The molecule has 0 bridgehead atoms. The van der Waals surface area contributed by atoms with Gasteiger partial charge in [0.15, 0.2) is 6.10 Å². The van der Waals surface area contributed by atoms with Gasteiger partial charge in [-0.25, -0.2) is 0 Å². The lowest BCUT2D eigenvalue weighted by molar-refractivity contribution is -0.167. The Morgan fingerprint density at radius 2 is 0.429 bits per heavy atom. The van der Waals surface area contributed by atoms with E-state index in [-0.39, 0.29) is 31.1 Å². The van der Waals surface area contributed by atoms with Crippen molar-refractivity contribution in [1.29, 1.82) is 0 Å². The van der Waals surface area contributed by atoms with Gasteiger partial charge in [-0.15, -0.1) is 0 Å². The van der Waals surface area contributed by atoms with Crippen LogP contribution in [0, 0.1) is 0 Å². The Labute approximate surface area is 481 Å². The highest BCUT2D eigenvalue weighted by Crippen LogP contribution is 2.19. The van der Waals surface area contributed by atoms with Crippen LogP contribution in [0.4, 0.5) is 0 Å². The van der Waals surface area contributed by atoms with Crippen molar-refractivity contribution >= 4 is 17.9 Å². The third-order valence-electron chi connectivity index (χ3n) is 16.3. The average Bonchev–Trinajstić information content (AvgIpc) is 3.43. The van der Waals surface area contributed by atoms with Crippen molar-refractivity contribution in [3.8, 4) is 0 Å². The van der Waals surface area contributed by atoms with Crippen LogP contribution >= 0.6 is 0 Å². The fraction of sp³-hybridized carbons (Fsp3) is 0.930. The van der Waals surface area contributed by atoms with E-state index in [1.165, 1.54) is 308 Å². The number of hydrogen-bond acceptors (Lipinski definition) is 6. The van der Waals surface area contributed by atoms with Gasteiger partial charge in [0.2, 0.25) is 0 Å². The molecule has 0 saturated carbocycles. The number of allylic oxidation sites excluding steroid dienone is 2. The number of rotatable bonds is 66. The van der Waals surface area contributed by atoms with E-state index in [0.717, 1.165) is 57.8 Å². The molecule has 0 amide bonds. The lowest BCUT2D eigenvalue weighted by Gasteiger charge is -2.18. The summed E-state index contributed by atoms with van der Waals surface area (Å²) in [5.41, 5.74) is 0. The highest BCUT2D eigenvalue weighted by atomic mass is 16.6. The minimum absolute atomic E-state index is 0.0641. The van der Waals surface area contributed by atoms with E-state index in [1.54, 1.807) is 0 Å². The highest BCUT2D eigenvalue weighted by Gasteiger charge is 2.19. The molecule has 0 saturated heterocycles. The molecule has 0 aliphatic rings. The molecule has 0 fully saturated rings. The van der Waals surface area contributed by atoms with Crippen molar-refractivity contribution in [2.24, 2.45) is 0 Å². The van der Waals surface area contributed by atoms with Crippen LogP contribution in [-0.4, -0.2) is 37.2 Å². The van der Waals surface area contributed by atoms with Gasteiger partial charge < -0.3 is 14.2 Å². The second kappa shape index (κ2) is 66.7. The first-order valence-electron chi connectivity index (χ1n) is 35.2. The van der Waals surface area contributed by atoms with Gasteiger partial charge in [0.1, 0.15) is 13.2 Å². The number of unbranched alkanes of at least 4 members (excludes halogenated alkanes) is 53. The van der Waals surface area contributed by atoms with Crippen LogP contribution in [0.3, 0.4) is 0 Å². The van der Waals surface area contributed by atoms with Gasteiger partial charge in [0.25, 0.3) is 0 Å². The molecule has 0 aliphatic heterocycles. The van der Waals surface area contributed by atoms with E-state index in [1.807, 2.05) is 0 Å². The maximum Gasteiger partial charge on any atom is 0.306 e. The number of carbonyl (C=O) groups is 3. The molecular formula is C71H136O6. The summed E-state index contributed by atoms with van der Waals surface area (Å²) in [5.74, 6) is -0.831. The first-order chi connectivity index (χ1) is 38.0. The van der Waals surface area contributed by atoms with E-state index < -0.39 is 6.10 Å². The first kappa shape index (κ1) is 75.2. The Kier molecular flexibility index (Phi) is 65.1. The molecule has 0 spiro atoms. The third-order valence-corrected chi connectivity index (χ3v) is 16.3. The quantitative estimate of drug-likeness (QED) is 0.0261. The summed E-state index contributed by atoms with van der Waals surface area (Å²) in [6, 6.07) is 0. The molecule has 1 atom stereocenters. The molecule has 0 heterocycles. The summed E-state index contributed by atoms with van der Waals surface area (Å²) in [5, 5.41) is 0. The van der Waals surface area contributed by atoms with Crippen molar-refractivity contribution in [2.45, 2.75) is 412 Å². The Hall–Kier alpha value is -1.85. The number of ether oxygens (including phenoxy) is 3. The van der Waals surface area contributed by atoms with E-state index in [4.69, 9.17) is 14.2 Å². The lowest BCUT2D eigenvalue weighted by atomic mass is 10.0. The average molecular weight is 1090 g/mol. The summed E-state index contributed by atoms with van der Waals surface area (Å²) >= 11 is 0. The van der Waals surface area contributed by atoms with Gasteiger partial charge in [-0.3, -0.25) is 14.4 Å². The van der Waals surface area contributed by atoms with Gasteiger partial charge in [-0.1, -0.05) is 354 Å². The predicted octanol–water partition coefficient (Wildman–Crippen LogP) is 24.0. The van der Waals surface area contributed by atoms with Crippen molar-refractivity contribution in [3.05, 3.63) is 12.2 Å². The van der Waals surface area contributed by atoms with Crippen LogP contribution in [-0.2, 0) is 28.6 Å². The summed E-state index contributed by atoms with van der Waals surface area (Å²) in [6.07, 6.45) is 79.5. The van der Waals surface area contributed by atoms with E-state index in [0.29, 0.717) is 19.3 Å². The van der Waals surface area contributed by atoms with Crippen LogP contribution in [0.25, 0.3) is 0 Å². The minimum atomic E-state index is -0.768.